The van der Waals surface area contributed by atoms with E-state index in [0.717, 1.165) is 5.56 Å². The minimum absolute atomic E-state index is 0.0676. The van der Waals surface area contributed by atoms with Crippen LogP contribution in [-0.4, -0.2) is 26.4 Å². The summed E-state index contributed by atoms with van der Waals surface area (Å²) in [5.41, 5.74) is 1.75. The average Bonchev–Trinajstić information content (AvgIpc) is 3.09. The number of nitrogens with one attached hydrogen (secondary N) is 1. The summed E-state index contributed by atoms with van der Waals surface area (Å²) in [4.78, 5) is 34.4. The Labute approximate surface area is 187 Å². The number of benzene rings is 3. The maximum Gasteiger partial charge on any atom is 0.353 e. The Morgan fingerprint density at radius 3 is 2.33 bits per heavy atom. The third kappa shape index (κ3) is 4.59. The average molecular weight is 443 g/mol. The SMILES string of the molecule is O=C(N=Nc1c(O)n(Cc2ccccc2)c2ccccc12)C(=O)Nc1ccc([N+](=O)[O-])cc1. The quantitative estimate of drug-likeness (QED) is 0.202. The summed E-state index contributed by atoms with van der Waals surface area (Å²) >= 11 is 0. The van der Waals surface area contributed by atoms with Gasteiger partial charge in [-0.15, -0.1) is 10.2 Å². The van der Waals surface area contributed by atoms with Gasteiger partial charge in [0.15, 0.2) is 5.69 Å². The number of hydrogen-bond acceptors (Lipinski definition) is 6. The van der Waals surface area contributed by atoms with Crippen LogP contribution in [0.2, 0.25) is 0 Å². The zero-order valence-corrected chi connectivity index (χ0v) is 17.1. The summed E-state index contributed by atoms with van der Waals surface area (Å²) in [6.45, 7) is 0.372. The van der Waals surface area contributed by atoms with E-state index >= 15 is 0 Å². The largest absolute Gasteiger partial charge is 0.493 e. The van der Waals surface area contributed by atoms with Gasteiger partial charge < -0.3 is 15.0 Å². The minimum Gasteiger partial charge on any atom is -0.493 e. The molecule has 4 aromatic rings. The van der Waals surface area contributed by atoms with Gasteiger partial charge in [0.05, 0.1) is 17.0 Å². The number of para-hydroxylation sites is 1. The fraction of sp³-hybridized carbons (Fsp3) is 0.0435. The maximum atomic E-state index is 12.2. The van der Waals surface area contributed by atoms with Gasteiger partial charge in [-0.2, -0.15) is 0 Å². The number of nitrogens with zero attached hydrogens (tertiary/aromatic N) is 4. The predicted molar refractivity (Wildman–Crippen MR) is 120 cm³/mol. The molecule has 0 radical (unpaired) electrons. The van der Waals surface area contributed by atoms with Gasteiger partial charge in [0, 0.05) is 23.2 Å². The molecule has 0 spiro atoms. The fourth-order valence-electron chi connectivity index (χ4n) is 3.29. The summed E-state index contributed by atoms with van der Waals surface area (Å²) in [7, 11) is 0. The first-order chi connectivity index (χ1) is 15.9. The van der Waals surface area contributed by atoms with Crippen molar-refractivity contribution in [3.63, 3.8) is 0 Å². The number of amides is 2. The monoisotopic (exact) mass is 443 g/mol. The van der Waals surface area contributed by atoms with Crippen molar-refractivity contribution in [3.8, 4) is 5.88 Å². The smallest absolute Gasteiger partial charge is 0.353 e. The van der Waals surface area contributed by atoms with Crippen LogP contribution in [0.4, 0.5) is 17.1 Å². The van der Waals surface area contributed by atoms with Crippen LogP contribution in [0.3, 0.4) is 0 Å². The second kappa shape index (κ2) is 9.10. The molecule has 2 amide bonds. The first kappa shape index (κ1) is 21.4. The van der Waals surface area contributed by atoms with Crippen molar-refractivity contribution in [3.05, 3.63) is 94.5 Å². The Balaban J connectivity index is 1.56. The highest BCUT2D eigenvalue weighted by Crippen LogP contribution is 2.39. The number of non-ortho nitro benzene ring substituents is 1. The summed E-state index contributed by atoms with van der Waals surface area (Å²) in [5, 5.41) is 31.7. The van der Waals surface area contributed by atoms with E-state index in [1.165, 1.54) is 24.3 Å². The summed E-state index contributed by atoms with van der Waals surface area (Å²) < 4.78 is 1.64. The van der Waals surface area contributed by atoms with Gasteiger partial charge in [-0.25, -0.2) is 0 Å². The number of nitro benzene ring substituents is 1. The second-order valence-electron chi connectivity index (χ2n) is 7.02. The molecule has 0 atom stereocenters. The van der Waals surface area contributed by atoms with Crippen LogP contribution >= 0.6 is 0 Å². The molecule has 0 aliphatic heterocycles. The van der Waals surface area contributed by atoms with E-state index in [2.05, 4.69) is 15.5 Å². The van der Waals surface area contributed by atoms with E-state index in [9.17, 15) is 24.8 Å². The lowest BCUT2D eigenvalue weighted by molar-refractivity contribution is -0.384. The zero-order chi connectivity index (χ0) is 23.4. The van der Waals surface area contributed by atoms with E-state index in [1.807, 2.05) is 36.4 Å². The van der Waals surface area contributed by atoms with Crippen LogP contribution in [-0.2, 0) is 16.1 Å². The van der Waals surface area contributed by atoms with Crippen LogP contribution in [0.25, 0.3) is 10.9 Å². The molecule has 2 N–H and O–H groups in total. The highest BCUT2D eigenvalue weighted by atomic mass is 16.6. The predicted octanol–water partition coefficient (Wildman–Crippen LogP) is 4.55. The van der Waals surface area contributed by atoms with Crippen LogP contribution < -0.4 is 5.32 Å². The summed E-state index contributed by atoms with van der Waals surface area (Å²) in [6, 6.07) is 21.6. The van der Waals surface area contributed by atoms with Gasteiger partial charge in [0.1, 0.15) is 0 Å². The molecule has 0 fully saturated rings. The Morgan fingerprint density at radius 1 is 0.970 bits per heavy atom. The van der Waals surface area contributed by atoms with Crippen molar-refractivity contribution < 1.29 is 19.6 Å². The van der Waals surface area contributed by atoms with E-state index in [0.29, 0.717) is 17.4 Å². The van der Waals surface area contributed by atoms with Gasteiger partial charge in [-0.1, -0.05) is 48.5 Å². The number of nitro groups is 1. The normalized spacial score (nSPS) is 11.0. The topological polar surface area (TPSA) is 139 Å². The molecule has 0 aliphatic carbocycles. The standard InChI is InChI=1S/C23H17N5O5/c29-21(24-16-10-12-17(13-11-16)28(32)33)22(30)26-25-20-18-8-4-5-9-19(18)27(23(20)31)14-15-6-2-1-3-7-15/h1-13,31H,14H2,(H,24,29). The highest BCUT2D eigenvalue weighted by Gasteiger charge is 2.19. The number of fused-ring (bicyclic) bond motifs is 1. The third-order valence-corrected chi connectivity index (χ3v) is 4.87. The van der Waals surface area contributed by atoms with Gasteiger partial charge in [-0.05, 0) is 23.8 Å². The Morgan fingerprint density at radius 2 is 1.64 bits per heavy atom. The Kier molecular flexibility index (Phi) is 5.90. The van der Waals surface area contributed by atoms with Crippen molar-refractivity contribution in [2.75, 3.05) is 5.32 Å². The molecule has 4 rings (SSSR count). The van der Waals surface area contributed by atoms with Gasteiger partial charge in [-0.3, -0.25) is 19.7 Å². The first-order valence-electron chi connectivity index (χ1n) is 9.79. The number of aromatic nitrogens is 1. The van der Waals surface area contributed by atoms with Crippen LogP contribution in [0.15, 0.2) is 89.1 Å². The summed E-state index contributed by atoms with van der Waals surface area (Å²) in [6.07, 6.45) is 0. The van der Waals surface area contributed by atoms with Crippen LogP contribution in [0.1, 0.15) is 5.56 Å². The van der Waals surface area contributed by atoms with E-state index in [-0.39, 0.29) is 22.9 Å². The molecule has 1 aromatic heterocycles. The molecule has 1 heterocycles. The lowest BCUT2D eigenvalue weighted by Crippen LogP contribution is -2.20. The van der Waals surface area contributed by atoms with Crippen molar-refractivity contribution in [2.45, 2.75) is 6.54 Å². The van der Waals surface area contributed by atoms with Crippen molar-refractivity contribution >= 4 is 39.8 Å². The van der Waals surface area contributed by atoms with Gasteiger partial charge in [0.25, 0.3) is 5.69 Å². The molecule has 33 heavy (non-hydrogen) atoms. The number of carbonyl (C=O) groups is 2. The molecule has 0 bridgehead atoms. The number of aromatic hydroxyl groups is 1. The molecule has 3 aromatic carbocycles. The van der Waals surface area contributed by atoms with Crippen molar-refractivity contribution in [2.24, 2.45) is 10.2 Å². The van der Waals surface area contributed by atoms with Crippen LogP contribution in [0.5, 0.6) is 5.88 Å². The minimum atomic E-state index is -1.19. The molecule has 10 nitrogen and oxygen atoms in total. The Hall–Kier alpha value is -4.86. The van der Waals surface area contributed by atoms with E-state index in [4.69, 9.17) is 0 Å². The molecule has 10 heteroatoms. The highest BCUT2D eigenvalue weighted by molar-refractivity contribution is 6.40. The third-order valence-electron chi connectivity index (χ3n) is 4.87. The lowest BCUT2D eigenvalue weighted by atomic mass is 10.2. The molecule has 0 unspecified atom stereocenters. The summed E-state index contributed by atoms with van der Waals surface area (Å²) in [5.74, 6) is -2.44. The van der Waals surface area contributed by atoms with E-state index in [1.54, 1.807) is 22.8 Å². The fourth-order valence-corrected chi connectivity index (χ4v) is 3.29. The second-order valence-corrected chi connectivity index (χ2v) is 7.02. The van der Waals surface area contributed by atoms with Crippen molar-refractivity contribution in [1.82, 2.24) is 4.57 Å². The Bertz CT molecular complexity index is 1380. The van der Waals surface area contributed by atoms with E-state index < -0.39 is 16.7 Å². The van der Waals surface area contributed by atoms with Gasteiger partial charge in [0.2, 0.25) is 5.88 Å². The lowest BCUT2D eigenvalue weighted by Gasteiger charge is -2.06. The van der Waals surface area contributed by atoms with Crippen molar-refractivity contribution in [1.29, 1.82) is 0 Å². The number of azo groups is 1. The van der Waals surface area contributed by atoms with Crippen LogP contribution in [0, 0.1) is 10.1 Å². The van der Waals surface area contributed by atoms with Gasteiger partial charge >= 0.3 is 11.8 Å². The molecule has 0 saturated carbocycles. The molecule has 0 saturated heterocycles. The molecular weight excluding hydrogens is 426 g/mol. The molecular formula is C23H17N5O5. The first-order valence-corrected chi connectivity index (χ1v) is 9.79. The maximum absolute atomic E-state index is 12.2. The number of anilines is 1. The molecule has 0 aliphatic rings. The number of rotatable bonds is 5. The molecule has 164 valence electrons. The zero-order valence-electron chi connectivity index (χ0n) is 17.1. The number of carbonyl (C=O) groups excluding carboxylic acids is 2. The number of hydrogen-bond donors (Lipinski definition) is 2.